The number of imidazole rings is 1. The van der Waals surface area contributed by atoms with Crippen LogP contribution in [0, 0.1) is 0 Å². The highest BCUT2D eigenvalue weighted by molar-refractivity contribution is 5.70. The van der Waals surface area contributed by atoms with Gasteiger partial charge in [0.05, 0.1) is 0 Å². The molecule has 1 N–H and O–H groups in total. The molecule has 3 aliphatic heterocycles. The zero-order valence-electron chi connectivity index (χ0n) is 18.4. The summed E-state index contributed by atoms with van der Waals surface area (Å²) in [7, 11) is 1.66. The summed E-state index contributed by atoms with van der Waals surface area (Å²) in [6, 6.07) is 20.4. The van der Waals surface area contributed by atoms with E-state index in [4.69, 9.17) is 14.7 Å². The number of fused-ring (bicyclic) bond motifs is 3. The maximum Gasteiger partial charge on any atom is 0.331 e. The van der Waals surface area contributed by atoms with Crippen LogP contribution in [0.1, 0.15) is 36.4 Å². The second-order valence-electron chi connectivity index (χ2n) is 8.20. The van der Waals surface area contributed by atoms with Crippen molar-refractivity contribution in [1.82, 2.24) is 19.1 Å². The number of methoxy groups -OCH3 is 1. The van der Waals surface area contributed by atoms with Crippen LogP contribution in [0.3, 0.4) is 0 Å². The molecule has 1 unspecified atom stereocenters. The number of hydrogen-bond acceptors (Lipinski definition) is 5. The fourth-order valence-corrected chi connectivity index (χ4v) is 4.51. The smallest absolute Gasteiger partial charge is 0.331 e. The number of aromatic nitrogens is 4. The van der Waals surface area contributed by atoms with Gasteiger partial charge in [-0.25, -0.2) is 14.8 Å². The van der Waals surface area contributed by atoms with Crippen molar-refractivity contribution in [2.24, 2.45) is 0 Å². The Morgan fingerprint density at radius 1 is 1.09 bits per heavy atom. The minimum atomic E-state index is -0.393. The molecule has 0 saturated heterocycles. The molecule has 0 amide bonds. The molecule has 0 fully saturated rings. The Morgan fingerprint density at radius 2 is 1.81 bits per heavy atom. The highest BCUT2D eigenvalue weighted by Crippen LogP contribution is 2.34. The third-order valence-electron chi connectivity index (χ3n) is 5.96. The minimum Gasteiger partial charge on any atom is -0.369 e. The van der Waals surface area contributed by atoms with E-state index in [0.717, 1.165) is 29.9 Å². The first kappa shape index (κ1) is 20.5. The van der Waals surface area contributed by atoms with E-state index >= 15 is 0 Å². The summed E-state index contributed by atoms with van der Waals surface area (Å²) in [6.45, 7) is 3.27. The van der Waals surface area contributed by atoms with E-state index in [-0.39, 0.29) is 11.7 Å². The molecule has 0 bridgehead atoms. The average molecular weight is 430 g/mol. The highest BCUT2D eigenvalue weighted by Gasteiger charge is 2.33. The number of ether oxygens (including phenoxy) is 1. The zero-order valence-corrected chi connectivity index (χ0v) is 18.4. The maximum absolute atomic E-state index is 13.4. The van der Waals surface area contributed by atoms with Crippen molar-refractivity contribution in [2.75, 3.05) is 12.4 Å². The first-order valence-corrected chi connectivity index (χ1v) is 11.1. The summed E-state index contributed by atoms with van der Waals surface area (Å²) in [6.07, 6.45) is 1.28. The van der Waals surface area contributed by atoms with Crippen LogP contribution in [0.4, 0.5) is 5.82 Å². The van der Waals surface area contributed by atoms with Crippen LogP contribution in [-0.2, 0) is 24.2 Å². The Balaban J connectivity index is 1.58. The van der Waals surface area contributed by atoms with Gasteiger partial charge in [-0.15, -0.1) is 0 Å². The van der Waals surface area contributed by atoms with Gasteiger partial charge in [0.2, 0.25) is 0 Å². The SMILES string of the molecule is CCCn1c2nc(C(OC)c3ccccc3)nc-2c2n(c1=O)C[C@@H](Cc1ccccc1)N2. The van der Waals surface area contributed by atoms with Crippen LogP contribution < -0.4 is 11.0 Å². The summed E-state index contributed by atoms with van der Waals surface area (Å²) in [5, 5.41) is 3.55. The molecule has 3 aliphatic rings. The molecule has 2 atom stereocenters. The van der Waals surface area contributed by atoms with Crippen molar-refractivity contribution >= 4 is 5.82 Å². The third-order valence-corrected chi connectivity index (χ3v) is 5.96. The number of rotatable bonds is 7. The van der Waals surface area contributed by atoms with Gasteiger partial charge in [0.25, 0.3) is 0 Å². The Labute approximate surface area is 187 Å². The van der Waals surface area contributed by atoms with Gasteiger partial charge in [-0.2, -0.15) is 0 Å². The van der Waals surface area contributed by atoms with Crippen LogP contribution in [0.25, 0.3) is 11.5 Å². The van der Waals surface area contributed by atoms with Gasteiger partial charge in [0.1, 0.15) is 17.6 Å². The molecule has 3 heterocycles. The topological polar surface area (TPSA) is 74.0 Å². The van der Waals surface area contributed by atoms with Gasteiger partial charge < -0.3 is 10.1 Å². The maximum atomic E-state index is 13.4. The summed E-state index contributed by atoms with van der Waals surface area (Å²) < 4.78 is 9.33. The third kappa shape index (κ3) is 3.58. The van der Waals surface area contributed by atoms with Crippen molar-refractivity contribution in [1.29, 1.82) is 0 Å². The number of anilines is 1. The lowest BCUT2D eigenvalue weighted by Gasteiger charge is -2.13. The summed E-state index contributed by atoms with van der Waals surface area (Å²) in [4.78, 5) is 23.0. The molecule has 2 aromatic carbocycles. The second kappa shape index (κ2) is 8.59. The van der Waals surface area contributed by atoms with E-state index in [0.29, 0.717) is 24.7 Å². The lowest BCUT2D eigenvalue weighted by atomic mass is 10.1. The number of hydrogen-bond donors (Lipinski definition) is 1. The average Bonchev–Trinajstić information content (AvgIpc) is 3.43. The molecule has 0 aliphatic carbocycles. The molecule has 0 radical (unpaired) electrons. The summed E-state index contributed by atoms with van der Waals surface area (Å²) >= 11 is 0. The number of benzene rings is 2. The van der Waals surface area contributed by atoms with Gasteiger partial charge in [-0.05, 0) is 24.0 Å². The summed E-state index contributed by atoms with van der Waals surface area (Å²) in [5.41, 5.74) is 2.90. The predicted octanol–water partition coefficient (Wildman–Crippen LogP) is 3.73. The van der Waals surface area contributed by atoms with E-state index in [9.17, 15) is 4.79 Å². The second-order valence-corrected chi connectivity index (χ2v) is 8.20. The van der Waals surface area contributed by atoms with Gasteiger partial charge in [-0.3, -0.25) is 9.13 Å². The molecular weight excluding hydrogens is 402 g/mol. The van der Waals surface area contributed by atoms with E-state index in [1.165, 1.54) is 5.56 Å². The van der Waals surface area contributed by atoms with Crippen molar-refractivity contribution < 1.29 is 4.74 Å². The van der Waals surface area contributed by atoms with Crippen molar-refractivity contribution in [2.45, 2.75) is 45.0 Å². The predicted molar refractivity (Wildman–Crippen MR) is 124 cm³/mol. The van der Waals surface area contributed by atoms with E-state index < -0.39 is 6.10 Å². The van der Waals surface area contributed by atoms with Gasteiger partial charge >= 0.3 is 5.69 Å². The molecular formula is C25H27N5O2. The molecule has 5 rings (SSSR count). The molecule has 7 heteroatoms. The zero-order chi connectivity index (χ0) is 22.1. The van der Waals surface area contributed by atoms with Crippen molar-refractivity contribution in [3.63, 3.8) is 0 Å². The largest absolute Gasteiger partial charge is 0.369 e. The lowest BCUT2D eigenvalue weighted by molar-refractivity contribution is 0.130. The Hall–Kier alpha value is -3.45. The van der Waals surface area contributed by atoms with E-state index in [2.05, 4.69) is 24.4 Å². The molecule has 0 aromatic heterocycles. The fraction of sp³-hybridized carbons (Fsp3) is 0.320. The van der Waals surface area contributed by atoms with Crippen LogP contribution >= 0.6 is 0 Å². The van der Waals surface area contributed by atoms with Crippen LogP contribution in [0.2, 0.25) is 0 Å². The Kier molecular flexibility index (Phi) is 5.49. The van der Waals surface area contributed by atoms with Gasteiger partial charge in [-0.1, -0.05) is 67.6 Å². The molecule has 164 valence electrons. The molecule has 2 aromatic rings. The highest BCUT2D eigenvalue weighted by atomic mass is 16.5. The number of nitrogens with zero attached hydrogens (tertiary/aromatic N) is 4. The van der Waals surface area contributed by atoms with Gasteiger partial charge in [0, 0.05) is 26.2 Å². The van der Waals surface area contributed by atoms with Crippen molar-refractivity contribution in [3.8, 4) is 11.5 Å². The molecule has 7 nitrogen and oxygen atoms in total. The molecule has 32 heavy (non-hydrogen) atoms. The molecule has 0 saturated carbocycles. The monoisotopic (exact) mass is 429 g/mol. The van der Waals surface area contributed by atoms with Crippen molar-refractivity contribution in [3.05, 3.63) is 88.1 Å². The lowest BCUT2D eigenvalue weighted by Crippen LogP contribution is -2.32. The minimum absolute atomic E-state index is 0.0439. The fourth-order valence-electron chi connectivity index (χ4n) is 4.51. The summed E-state index contributed by atoms with van der Waals surface area (Å²) in [5.74, 6) is 1.93. The molecule has 0 spiro atoms. The van der Waals surface area contributed by atoms with Crippen LogP contribution in [0.5, 0.6) is 0 Å². The first-order chi connectivity index (χ1) is 15.7. The first-order valence-electron chi connectivity index (χ1n) is 11.1. The quantitative estimate of drug-likeness (QED) is 0.485. The number of nitrogens with one attached hydrogen (secondary N) is 1. The van der Waals surface area contributed by atoms with Gasteiger partial charge in [0.15, 0.2) is 11.6 Å². The van der Waals surface area contributed by atoms with Crippen LogP contribution in [-0.4, -0.2) is 32.3 Å². The Morgan fingerprint density at radius 3 is 2.50 bits per heavy atom. The Bertz CT molecular complexity index is 1230. The normalized spacial score (nSPS) is 16.1. The van der Waals surface area contributed by atoms with E-state index in [1.807, 2.05) is 53.1 Å². The van der Waals surface area contributed by atoms with E-state index in [1.54, 1.807) is 11.7 Å². The standard InChI is InChI=1S/C25H27N5O2/c1-3-14-29-24-20(27-22(28-24)21(32-2)18-12-8-5-9-13-18)23-26-19(16-30(23)25(29)31)15-17-10-6-4-7-11-17/h4-13,19,21,26H,3,14-16H2,1-2H3/t19-,21?/m1/s1. The van der Waals surface area contributed by atoms with Crippen LogP contribution in [0.15, 0.2) is 65.5 Å².